The van der Waals surface area contributed by atoms with Gasteiger partial charge in [0.05, 0.1) is 0 Å². The molecule has 2 unspecified atom stereocenters. The largest absolute Gasteiger partial charge is 0.316 e. The van der Waals surface area contributed by atoms with Crippen molar-refractivity contribution in [1.29, 1.82) is 0 Å². The zero-order chi connectivity index (χ0) is 13.9. The Bertz CT molecular complexity index is 513. The molecule has 1 aliphatic rings. The summed E-state index contributed by atoms with van der Waals surface area (Å²) in [6.07, 6.45) is 5.07. The summed E-state index contributed by atoms with van der Waals surface area (Å²) < 4.78 is 27.8. The smallest absolute Gasteiger partial charge is 0.250 e. The summed E-state index contributed by atoms with van der Waals surface area (Å²) in [5.74, 6) is 0. The molecule has 4 nitrogen and oxygen atoms in total. The molecule has 1 fully saturated rings. The SMILES string of the molecule is CNCc1csc(S(=O)(=O)NC2CCC(SC)C2)c1. The van der Waals surface area contributed by atoms with Crippen LogP contribution in [0.3, 0.4) is 0 Å². The molecule has 2 atom stereocenters. The van der Waals surface area contributed by atoms with Crippen LogP contribution in [0.5, 0.6) is 0 Å². The normalized spacial score (nSPS) is 23.9. The van der Waals surface area contributed by atoms with Crippen LogP contribution in [-0.4, -0.2) is 33.0 Å². The number of rotatable bonds is 6. The second kappa shape index (κ2) is 6.58. The molecule has 7 heteroatoms. The van der Waals surface area contributed by atoms with Crippen molar-refractivity contribution in [3.63, 3.8) is 0 Å². The van der Waals surface area contributed by atoms with Gasteiger partial charge >= 0.3 is 0 Å². The van der Waals surface area contributed by atoms with Crippen LogP contribution in [0.1, 0.15) is 24.8 Å². The van der Waals surface area contributed by atoms with Gasteiger partial charge in [0.15, 0.2) is 0 Å². The highest BCUT2D eigenvalue weighted by Crippen LogP contribution is 2.29. The molecule has 1 aromatic rings. The summed E-state index contributed by atoms with van der Waals surface area (Å²) in [4.78, 5) is 0. The third-order valence-electron chi connectivity index (χ3n) is 3.32. The van der Waals surface area contributed by atoms with Gasteiger partial charge in [0, 0.05) is 17.8 Å². The average molecular weight is 321 g/mol. The molecule has 1 aliphatic carbocycles. The van der Waals surface area contributed by atoms with Crippen molar-refractivity contribution in [2.75, 3.05) is 13.3 Å². The number of hydrogen-bond acceptors (Lipinski definition) is 5. The number of thioether (sulfide) groups is 1. The lowest BCUT2D eigenvalue weighted by molar-refractivity contribution is 0.554. The van der Waals surface area contributed by atoms with Crippen molar-refractivity contribution < 1.29 is 8.42 Å². The van der Waals surface area contributed by atoms with E-state index in [1.54, 1.807) is 6.07 Å². The van der Waals surface area contributed by atoms with Crippen molar-refractivity contribution in [3.05, 3.63) is 17.0 Å². The van der Waals surface area contributed by atoms with Gasteiger partial charge in [-0.25, -0.2) is 13.1 Å². The molecule has 1 aromatic heterocycles. The van der Waals surface area contributed by atoms with Crippen molar-refractivity contribution in [3.8, 4) is 0 Å². The second-order valence-electron chi connectivity index (χ2n) is 4.79. The van der Waals surface area contributed by atoms with Crippen LogP contribution in [-0.2, 0) is 16.6 Å². The van der Waals surface area contributed by atoms with Crippen LogP contribution >= 0.6 is 23.1 Å². The van der Waals surface area contributed by atoms with Crippen molar-refractivity contribution in [2.45, 2.75) is 41.3 Å². The monoisotopic (exact) mass is 320 g/mol. The van der Waals surface area contributed by atoms with Gasteiger partial charge < -0.3 is 5.32 Å². The zero-order valence-electron chi connectivity index (χ0n) is 11.2. The van der Waals surface area contributed by atoms with Gasteiger partial charge in [-0.05, 0) is 49.6 Å². The van der Waals surface area contributed by atoms with E-state index in [4.69, 9.17) is 0 Å². The van der Waals surface area contributed by atoms with Gasteiger partial charge in [0.1, 0.15) is 4.21 Å². The molecule has 108 valence electrons. The Hall–Kier alpha value is -0.0800. The van der Waals surface area contributed by atoms with Crippen LogP contribution in [0.4, 0.5) is 0 Å². The Morgan fingerprint density at radius 3 is 2.89 bits per heavy atom. The molecule has 2 N–H and O–H groups in total. The van der Waals surface area contributed by atoms with Crippen molar-refractivity contribution >= 4 is 33.1 Å². The van der Waals surface area contributed by atoms with Crippen LogP contribution in [0.15, 0.2) is 15.7 Å². The predicted molar refractivity (Wildman–Crippen MR) is 82.3 cm³/mol. The van der Waals surface area contributed by atoms with E-state index >= 15 is 0 Å². The van der Waals surface area contributed by atoms with E-state index in [1.807, 2.05) is 24.2 Å². The standard InChI is InChI=1S/C12H20N2O2S3/c1-13-7-9-5-12(18-8-9)19(15,16)14-10-3-4-11(6-10)17-2/h5,8,10-11,13-14H,3-4,6-7H2,1-2H3. The first-order valence-electron chi connectivity index (χ1n) is 6.32. The number of sulfonamides is 1. The molecule has 19 heavy (non-hydrogen) atoms. The lowest BCUT2D eigenvalue weighted by Crippen LogP contribution is -2.32. The molecular formula is C12H20N2O2S3. The maximum Gasteiger partial charge on any atom is 0.250 e. The third kappa shape index (κ3) is 3.95. The fourth-order valence-electron chi connectivity index (χ4n) is 2.33. The predicted octanol–water partition coefficient (Wildman–Crippen LogP) is 2.03. The molecule has 0 saturated heterocycles. The fraction of sp³-hybridized carbons (Fsp3) is 0.667. The van der Waals surface area contributed by atoms with Gasteiger partial charge in [-0.1, -0.05) is 0 Å². The molecule has 1 saturated carbocycles. The minimum absolute atomic E-state index is 0.0947. The van der Waals surface area contributed by atoms with E-state index in [0.717, 1.165) is 24.8 Å². The number of nitrogens with one attached hydrogen (secondary N) is 2. The quantitative estimate of drug-likeness (QED) is 0.842. The van der Waals surface area contributed by atoms with Gasteiger partial charge in [-0.2, -0.15) is 11.8 Å². The van der Waals surface area contributed by atoms with E-state index < -0.39 is 10.0 Å². The topological polar surface area (TPSA) is 58.2 Å². The third-order valence-corrected chi connectivity index (χ3v) is 7.42. The number of thiophene rings is 1. The summed E-state index contributed by atoms with van der Waals surface area (Å²) >= 11 is 3.12. The molecule has 0 spiro atoms. The summed E-state index contributed by atoms with van der Waals surface area (Å²) in [6, 6.07) is 1.85. The molecule has 0 aliphatic heterocycles. The summed E-state index contributed by atoms with van der Waals surface area (Å²) in [5.41, 5.74) is 1.02. The molecule has 1 heterocycles. The maximum atomic E-state index is 12.3. The van der Waals surface area contributed by atoms with E-state index in [9.17, 15) is 8.42 Å². The van der Waals surface area contributed by atoms with Gasteiger partial charge in [-0.15, -0.1) is 11.3 Å². The first-order valence-corrected chi connectivity index (χ1v) is 9.97. The van der Waals surface area contributed by atoms with Crippen molar-refractivity contribution in [2.24, 2.45) is 0 Å². The van der Waals surface area contributed by atoms with E-state index in [-0.39, 0.29) is 6.04 Å². The molecular weight excluding hydrogens is 300 g/mol. The zero-order valence-corrected chi connectivity index (χ0v) is 13.6. The van der Waals surface area contributed by atoms with E-state index in [1.165, 1.54) is 11.3 Å². The van der Waals surface area contributed by atoms with Gasteiger partial charge in [-0.3, -0.25) is 0 Å². The number of hydrogen-bond donors (Lipinski definition) is 2. The molecule has 0 amide bonds. The van der Waals surface area contributed by atoms with Crippen LogP contribution in [0, 0.1) is 0 Å². The summed E-state index contributed by atoms with van der Waals surface area (Å²) in [6.45, 7) is 0.698. The lowest BCUT2D eigenvalue weighted by Gasteiger charge is -2.12. The lowest BCUT2D eigenvalue weighted by atomic mass is 10.3. The van der Waals surface area contributed by atoms with E-state index in [2.05, 4.69) is 16.3 Å². The Morgan fingerprint density at radius 1 is 1.47 bits per heavy atom. The van der Waals surface area contributed by atoms with Gasteiger partial charge in [0.2, 0.25) is 10.0 Å². The van der Waals surface area contributed by atoms with Gasteiger partial charge in [0.25, 0.3) is 0 Å². The Labute approximate surface area is 123 Å². The van der Waals surface area contributed by atoms with Crippen LogP contribution in [0.25, 0.3) is 0 Å². The van der Waals surface area contributed by atoms with E-state index in [0.29, 0.717) is 16.0 Å². The summed E-state index contributed by atoms with van der Waals surface area (Å²) in [5, 5.41) is 5.51. The Kier molecular flexibility index (Phi) is 5.30. The maximum absolute atomic E-state index is 12.3. The average Bonchev–Trinajstić information content (AvgIpc) is 2.98. The van der Waals surface area contributed by atoms with Crippen LogP contribution < -0.4 is 10.0 Å². The highest BCUT2D eigenvalue weighted by Gasteiger charge is 2.28. The Balaban J connectivity index is 2.01. The highest BCUT2D eigenvalue weighted by atomic mass is 32.2. The second-order valence-corrected chi connectivity index (χ2v) is 8.78. The Morgan fingerprint density at radius 2 is 2.26 bits per heavy atom. The van der Waals surface area contributed by atoms with Crippen LogP contribution in [0.2, 0.25) is 0 Å². The molecule has 0 bridgehead atoms. The minimum Gasteiger partial charge on any atom is -0.316 e. The first kappa shape index (κ1) is 15.3. The molecule has 0 aromatic carbocycles. The fourth-order valence-corrected chi connectivity index (χ4v) is 5.64. The van der Waals surface area contributed by atoms with Crippen molar-refractivity contribution in [1.82, 2.24) is 10.0 Å². The minimum atomic E-state index is -3.34. The molecule has 0 radical (unpaired) electrons. The first-order chi connectivity index (χ1) is 9.05. The summed E-state index contributed by atoms with van der Waals surface area (Å²) in [7, 11) is -1.49. The molecule has 2 rings (SSSR count). The highest BCUT2D eigenvalue weighted by molar-refractivity contribution is 7.99.